The molecule has 19 heavy (non-hydrogen) atoms. The minimum absolute atomic E-state index is 0.271. The Balaban J connectivity index is 2.32. The molecule has 0 bridgehead atoms. The number of rotatable bonds is 1. The zero-order valence-electron chi connectivity index (χ0n) is 9.78. The summed E-state index contributed by atoms with van der Waals surface area (Å²) in [6.45, 7) is 0. The molecule has 4 heteroatoms. The molecule has 0 spiro atoms. The van der Waals surface area contributed by atoms with E-state index in [-0.39, 0.29) is 11.0 Å². The Morgan fingerprint density at radius 1 is 0.947 bits per heavy atom. The normalized spacial score (nSPS) is 10.8. The number of aromatic nitrogens is 1. The van der Waals surface area contributed by atoms with Crippen molar-refractivity contribution >= 4 is 10.9 Å². The van der Waals surface area contributed by atoms with Crippen molar-refractivity contribution in [3.63, 3.8) is 0 Å². The first kappa shape index (κ1) is 11.6. The maximum Gasteiger partial charge on any atom is 0.190 e. The number of aromatic amines is 1. The SMILES string of the molecule is O=c1cc(-c2ccccc2F)[nH]c2cc(F)ccc12. The van der Waals surface area contributed by atoms with E-state index in [1.54, 1.807) is 18.2 Å². The molecule has 0 unspecified atom stereocenters. The smallest absolute Gasteiger partial charge is 0.190 e. The predicted molar refractivity (Wildman–Crippen MR) is 69.9 cm³/mol. The highest BCUT2D eigenvalue weighted by Crippen LogP contribution is 2.21. The summed E-state index contributed by atoms with van der Waals surface area (Å²) in [6, 6.07) is 11.3. The van der Waals surface area contributed by atoms with Gasteiger partial charge in [0, 0.05) is 17.0 Å². The van der Waals surface area contributed by atoms with Crippen LogP contribution in [-0.2, 0) is 0 Å². The topological polar surface area (TPSA) is 32.9 Å². The molecule has 0 aliphatic carbocycles. The van der Waals surface area contributed by atoms with Crippen molar-refractivity contribution in [2.75, 3.05) is 0 Å². The maximum atomic E-state index is 13.7. The van der Waals surface area contributed by atoms with Crippen LogP contribution in [0.3, 0.4) is 0 Å². The zero-order chi connectivity index (χ0) is 13.4. The van der Waals surface area contributed by atoms with Gasteiger partial charge in [0.05, 0.1) is 11.2 Å². The van der Waals surface area contributed by atoms with Crippen LogP contribution in [0.4, 0.5) is 8.78 Å². The highest BCUT2D eigenvalue weighted by molar-refractivity contribution is 5.81. The predicted octanol–water partition coefficient (Wildman–Crippen LogP) is 3.47. The molecule has 1 aromatic heterocycles. The zero-order valence-corrected chi connectivity index (χ0v) is 9.78. The first-order valence-corrected chi connectivity index (χ1v) is 5.72. The summed E-state index contributed by atoms with van der Waals surface area (Å²) in [5.74, 6) is -0.886. The van der Waals surface area contributed by atoms with Crippen LogP contribution in [0.1, 0.15) is 0 Å². The molecule has 94 valence electrons. The van der Waals surface area contributed by atoms with Crippen molar-refractivity contribution in [3.05, 3.63) is 70.4 Å². The van der Waals surface area contributed by atoms with Gasteiger partial charge >= 0.3 is 0 Å². The first-order chi connectivity index (χ1) is 9.15. The average molecular weight is 257 g/mol. The van der Waals surface area contributed by atoms with Gasteiger partial charge in [0.1, 0.15) is 11.6 Å². The van der Waals surface area contributed by atoms with Gasteiger partial charge in [-0.3, -0.25) is 4.79 Å². The van der Waals surface area contributed by atoms with Crippen LogP contribution >= 0.6 is 0 Å². The van der Waals surface area contributed by atoms with Gasteiger partial charge in [-0.25, -0.2) is 8.78 Å². The summed E-state index contributed by atoms with van der Waals surface area (Å²) in [5, 5.41) is 0.376. The molecule has 2 nitrogen and oxygen atoms in total. The molecule has 0 saturated carbocycles. The first-order valence-electron chi connectivity index (χ1n) is 5.72. The molecule has 0 amide bonds. The van der Waals surface area contributed by atoms with Gasteiger partial charge in [0.15, 0.2) is 5.43 Å². The molecule has 1 N–H and O–H groups in total. The number of nitrogens with one attached hydrogen (secondary N) is 1. The van der Waals surface area contributed by atoms with Gasteiger partial charge in [-0.2, -0.15) is 0 Å². The van der Waals surface area contributed by atoms with Crippen LogP contribution in [0, 0.1) is 11.6 Å². The number of hydrogen-bond donors (Lipinski definition) is 1. The van der Waals surface area contributed by atoms with E-state index in [0.717, 1.165) is 0 Å². The molecule has 0 saturated heterocycles. The summed E-state index contributed by atoms with van der Waals surface area (Å²) in [6.07, 6.45) is 0. The Morgan fingerprint density at radius 2 is 1.74 bits per heavy atom. The molecule has 1 heterocycles. The second-order valence-corrected chi connectivity index (χ2v) is 4.22. The van der Waals surface area contributed by atoms with E-state index in [9.17, 15) is 13.6 Å². The fourth-order valence-corrected chi connectivity index (χ4v) is 2.05. The molecule has 0 aliphatic heterocycles. The maximum absolute atomic E-state index is 13.7. The average Bonchev–Trinajstić information content (AvgIpc) is 2.38. The summed E-state index contributed by atoms with van der Waals surface area (Å²) >= 11 is 0. The van der Waals surface area contributed by atoms with Crippen molar-refractivity contribution in [1.29, 1.82) is 0 Å². The van der Waals surface area contributed by atoms with Crippen LogP contribution in [0.5, 0.6) is 0 Å². The molecule has 3 aromatic rings. The van der Waals surface area contributed by atoms with E-state index in [4.69, 9.17) is 0 Å². The second-order valence-electron chi connectivity index (χ2n) is 4.22. The fraction of sp³-hybridized carbons (Fsp3) is 0. The largest absolute Gasteiger partial charge is 0.354 e. The van der Waals surface area contributed by atoms with Crippen LogP contribution < -0.4 is 5.43 Å². The Labute approximate surface area is 107 Å². The third kappa shape index (κ3) is 2.01. The lowest BCUT2D eigenvalue weighted by atomic mass is 10.1. The van der Waals surface area contributed by atoms with E-state index in [2.05, 4.69) is 4.98 Å². The molecular formula is C15H9F2NO. The number of hydrogen-bond acceptors (Lipinski definition) is 1. The molecule has 0 radical (unpaired) electrons. The van der Waals surface area contributed by atoms with E-state index in [1.165, 1.54) is 30.3 Å². The van der Waals surface area contributed by atoms with E-state index >= 15 is 0 Å². The Bertz CT molecular complexity index is 824. The van der Waals surface area contributed by atoms with Crippen molar-refractivity contribution in [1.82, 2.24) is 4.98 Å². The monoisotopic (exact) mass is 257 g/mol. The lowest BCUT2D eigenvalue weighted by molar-refractivity contribution is 0.629. The Kier molecular flexibility index (Phi) is 2.63. The number of benzene rings is 2. The molecule has 0 atom stereocenters. The second kappa shape index (κ2) is 4.31. The van der Waals surface area contributed by atoms with Gasteiger partial charge in [-0.1, -0.05) is 12.1 Å². The van der Waals surface area contributed by atoms with Gasteiger partial charge in [-0.05, 0) is 30.3 Å². The van der Waals surface area contributed by atoms with Gasteiger partial charge in [0.2, 0.25) is 0 Å². The fourth-order valence-electron chi connectivity index (χ4n) is 2.05. The minimum Gasteiger partial charge on any atom is -0.354 e. The van der Waals surface area contributed by atoms with E-state index in [1.807, 2.05) is 0 Å². The molecule has 3 rings (SSSR count). The highest BCUT2D eigenvalue weighted by atomic mass is 19.1. The lowest BCUT2D eigenvalue weighted by Gasteiger charge is -2.05. The Hall–Kier alpha value is -2.49. The number of pyridine rings is 1. The highest BCUT2D eigenvalue weighted by Gasteiger charge is 2.08. The number of H-pyrrole nitrogens is 1. The van der Waals surface area contributed by atoms with E-state index < -0.39 is 11.6 Å². The van der Waals surface area contributed by atoms with Crippen molar-refractivity contribution < 1.29 is 8.78 Å². The molecular weight excluding hydrogens is 248 g/mol. The third-order valence-electron chi connectivity index (χ3n) is 2.96. The number of halogens is 2. The van der Waals surface area contributed by atoms with E-state index in [0.29, 0.717) is 16.6 Å². The lowest BCUT2D eigenvalue weighted by Crippen LogP contribution is -2.03. The van der Waals surface area contributed by atoms with Crippen molar-refractivity contribution in [3.8, 4) is 11.3 Å². The summed E-state index contributed by atoms with van der Waals surface area (Å²) in [7, 11) is 0. The molecule has 2 aromatic carbocycles. The standard InChI is InChI=1S/C15H9F2NO/c16-9-5-6-11-13(7-9)18-14(8-15(11)19)10-3-1-2-4-12(10)17/h1-8H,(H,18,19). The van der Waals surface area contributed by atoms with Crippen LogP contribution in [0.15, 0.2) is 53.3 Å². The summed E-state index contributed by atoms with van der Waals surface area (Å²) in [4.78, 5) is 14.8. The summed E-state index contributed by atoms with van der Waals surface area (Å²) in [5.41, 5.74) is 0.699. The third-order valence-corrected chi connectivity index (χ3v) is 2.96. The van der Waals surface area contributed by atoms with Crippen LogP contribution in [-0.4, -0.2) is 4.98 Å². The number of fused-ring (bicyclic) bond motifs is 1. The molecule has 0 fully saturated rings. The van der Waals surface area contributed by atoms with Gasteiger partial charge in [-0.15, -0.1) is 0 Å². The Morgan fingerprint density at radius 3 is 2.53 bits per heavy atom. The van der Waals surface area contributed by atoms with Gasteiger partial charge in [0.25, 0.3) is 0 Å². The van der Waals surface area contributed by atoms with Crippen LogP contribution in [0.25, 0.3) is 22.2 Å². The quantitative estimate of drug-likeness (QED) is 0.711. The minimum atomic E-state index is -0.450. The van der Waals surface area contributed by atoms with Crippen molar-refractivity contribution in [2.24, 2.45) is 0 Å². The van der Waals surface area contributed by atoms with Gasteiger partial charge < -0.3 is 4.98 Å². The summed E-state index contributed by atoms with van der Waals surface area (Å²) < 4.78 is 26.9. The van der Waals surface area contributed by atoms with Crippen molar-refractivity contribution in [2.45, 2.75) is 0 Å². The molecule has 0 aliphatic rings. The van der Waals surface area contributed by atoms with Crippen LogP contribution in [0.2, 0.25) is 0 Å².